The van der Waals surface area contributed by atoms with Crippen molar-refractivity contribution < 1.29 is 4.39 Å². The highest BCUT2D eigenvalue weighted by Gasteiger charge is 2.35. The van der Waals surface area contributed by atoms with Gasteiger partial charge in [0.1, 0.15) is 5.82 Å². The van der Waals surface area contributed by atoms with Crippen LogP contribution in [0.4, 0.5) is 15.8 Å². The zero-order valence-electron chi connectivity index (χ0n) is 11.5. The van der Waals surface area contributed by atoms with Crippen molar-refractivity contribution in [3.05, 3.63) is 24.0 Å². The van der Waals surface area contributed by atoms with Gasteiger partial charge in [0.15, 0.2) is 0 Å². The molecule has 1 heterocycles. The molecule has 0 unspecified atom stereocenters. The first-order chi connectivity index (χ1) is 9.19. The van der Waals surface area contributed by atoms with Gasteiger partial charge in [-0.15, -0.1) is 0 Å². The van der Waals surface area contributed by atoms with E-state index < -0.39 is 0 Å². The van der Waals surface area contributed by atoms with E-state index in [0.29, 0.717) is 11.1 Å². The van der Waals surface area contributed by atoms with Gasteiger partial charge >= 0.3 is 0 Å². The van der Waals surface area contributed by atoms with Gasteiger partial charge in [-0.05, 0) is 49.3 Å². The molecule has 2 aliphatic rings. The molecule has 1 aliphatic heterocycles. The Morgan fingerprint density at radius 1 is 1.00 bits per heavy atom. The Morgan fingerprint density at radius 3 is 2.37 bits per heavy atom. The minimum Gasteiger partial charge on any atom is -0.397 e. The largest absolute Gasteiger partial charge is 0.397 e. The van der Waals surface area contributed by atoms with Crippen LogP contribution in [0.25, 0.3) is 0 Å². The van der Waals surface area contributed by atoms with Crippen LogP contribution < -0.4 is 10.6 Å². The maximum atomic E-state index is 13.4. The Morgan fingerprint density at radius 2 is 1.68 bits per heavy atom. The van der Waals surface area contributed by atoms with E-state index in [-0.39, 0.29) is 5.82 Å². The van der Waals surface area contributed by atoms with Crippen molar-refractivity contribution in [1.29, 1.82) is 0 Å². The second-order valence-electron chi connectivity index (χ2n) is 6.25. The van der Waals surface area contributed by atoms with Gasteiger partial charge in [0.2, 0.25) is 0 Å². The number of anilines is 2. The third-order valence-electron chi connectivity index (χ3n) is 5.07. The molecular formula is C16H23FN2. The summed E-state index contributed by atoms with van der Waals surface area (Å²) in [4.78, 5) is 2.26. The van der Waals surface area contributed by atoms with E-state index in [1.54, 1.807) is 12.1 Å². The summed E-state index contributed by atoms with van der Waals surface area (Å²) in [5.74, 6) is -0.192. The lowest BCUT2D eigenvalue weighted by molar-refractivity contribution is 0.144. The number of rotatable bonds is 1. The Balaban J connectivity index is 1.71. The van der Waals surface area contributed by atoms with Gasteiger partial charge < -0.3 is 10.6 Å². The number of benzene rings is 1. The number of piperidine rings is 1. The molecule has 0 atom stereocenters. The van der Waals surface area contributed by atoms with E-state index in [2.05, 4.69) is 4.90 Å². The van der Waals surface area contributed by atoms with Gasteiger partial charge in [-0.1, -0.05) is 19.3 Å². The number of nitrogen functional groups attached to an aromatic ring is 1. The summed E-state index contributed by atoms with van der Waals surface area (Å²) < 4.78 is 13.4. The molecule has 0 amide bonds. The third kappa shape index (κ3) is 2.56. The molecule has 1 aromatic carbocycles. The predicted octanol–water partition coefficient (Wildman–Crippen LogP) is 3.96. The van der Waals surface area contributed by atoms with Crippen molar-refractivity contribution in [2.45, 2.75) is 44.9 Å². The predicted molar refractivity (Wildman–Crippen MR) is 77.8 cm³/mol. The molecule has 2 fully saturated rings. The molecule has 3 heteroatoms. The number of nitrogens with two attached hydrogens (primary N) is 1. The van der Waals surface area contributed by atoms with Crippen LogP contribution in [0.2, 0.25) is 0 Å². The lowest BCUT2D eigenvalue weighted by Gasteiger charge is -2.45. The van der Waals surface area contributed by atoms with E-state index in [4.69, 9.17) is 5.73 Å². The third-order valence-corrected chi connectivity index (χ3v) is 5.07. The topological polar surface area (TPSA) is 29.3 Å². The molecule has 1 saturated heterocycles. The first-order valence-corrected chi connectivity index (χ1v) is 7.49. The zero-order chi connectivity index (χ0) is 13.3. The second kappa shape index (κ2) is 5.03. The Hall–Kier alpha value is -1.25. The first kappa shape index (κ1) is 12.8. The van der Waals surface area contributed by atoms with Crippen LogP contribution in [0, 0.1) is 11.2 Å². The summed E-state index contributed by atoms with van der Waals surface area (Å²) >= 11 is 0. The molecule has 1 spiro atoms. The van der Waals surface area contributed by atoms with E-state index in [9.17, 15) is 4.39 Å². The molecule has 104 valence electrons. The van der Waals surface area contributed by atoms with E-state index in [1.165, 1.54) is 51.0 Å². The second-order valence-corrected chi connectivity index (χ2v) is 6.25. The van der Waals surface area contributed by atoms with Crippen molar-refractivity contribution in [2.75, 3.05) is 23.7 Å². The molecule has 0 radical (unpaired) electrons. The van der Waals surface area contributed by atoms with Crippen LogP contribution in [0.5, 0.6) is 0 Å². The molecule has 3 rings (SSSR count). The van der Waals surface area contributed by atoms with Crippen LogP contribution in [-0.2, 0) is 0 Å². The SMILES string of the molecule is Nc1ccc(F)cc1N1CCC2(CCCCC2)CC1. The Labute approximate surface area is 114 Å². The van der Waals surface area contributed by atoms with Crippen molar-refractivity contribution in [3.8, 4) is 0 Å². The number of hydrogen-bond donors (Lipinski definition) is 1. The van der Waals surface area contributed by atoms with Crippen LogP contribution >= 0.6 is 0 Å². The van der Waals surface area contributed by atoms with Crippen molar-refractivity contribution in [3.63, 3.8) is 0 Å². The fraction of sp³-hybridized carbons (Fsp3) is 0.625. The fourth-order valence-corrected chi connectivity index (χ4v) is 3.81. The highest BCUT2D eigenvalue weighted by Crippen LogP contribution is 2.45. The summed E-state index contributed by atoms with van der Waals surface area (Å²) in [6.07, 6.45) is 9.44. The average molecular weight is 262 g/mol. The lowest BCUT2D eigenvalue weighted by Crippen LogP contribution is -2.41. The molecule has 1 aliphatic carbocycles. The Kier molecular flexibility index (Phi) is 3.38. The minimum atomic E-state index is -0.192. The maximum absolute atomic E-state index is 13.4. The molecule has 1 aromatic rings. The van der Waals surface area contributed by atoms with Gasteiger partial charge in [0, 0.05) is 13.1 Å². The zero-order valence-corrected chi connectivity index (χ0v) is 11.5. The fourth-order valence-electron chi connectivity index (χ4n) is 3.81. The van der Waals surface area contributed by atoms with Crippen LogP contribution in [0.1, 0.15) is 44.9 Å². The van der Waals surface area contributed by atoms with Crippen LogP contribution in [0.15, 0.2) is 18.2 Å². The maximum Gasteiger partial charge on any atom is 0.125 e. The monoisotopic (exact) mass is 262 g/mol. The molecule has 19 heavy (non-hydrogen) atoms. The molecule has 0 bridgehead atoms. The van der Waals surface area contributed by atoms with E-state index in [0.717, 1.165) is 18.8 Å². The number of hydrogen-bond acceptors (Lipinski definition) is 2. The normalized spacial score (nSPS) is 22.7. The molecule has 0 aromatic heterocycles. The van der Waals surface area contributed by atoms with Gasteiger partial charge in [-0.25, -0.2) is 4.39 Å². The summed E-state index contributed by atoms with van der Waals surface area (Å²) in [6.45, 7) is 2.04. The quantitative estimate of drug-likeness (QED) is 0.776. The van der Waals surface area contributed by atoms with Crippen molar-refractivity contribution in [2.24, 2.45) is 5.41 Å². The summed E-state index contributed by atoms with van der Waals surface area (Å²) in [7, 11) is 0. The van der Waals surface area contributed by atoms with Gasteiger partial charge in [0.25, 0.3) is 0 Å². The summed E-state index contributed by atoms with van der Waals surface area (Å²) in [6, 6.07) is 4.69. The highest BCUT2D eigenvalue weighted by molar-refractivity contribution is 5.67. The van der Waals surface area contributed by atoms with Crippen LogP contribution in [0.3, 0.4) is 0 Å². The molecule has 1 saturated carbocycles. The van der Waals surface area contributed by atoms with Gasteiger partial charge in [-0.2, -0.15) is 0 Å². The smallest absolute Gasteiger partial charge is 0.125 e. The number of halogens is 1. The van der Waals surface area contributed by atoms with E-state index >= 15 is 0 Å². The standard InChI is InChI=1S/C16H23FN2/c17-13-4-5-14(18)15(12-13)19-10-8-16(9-11-19)6-2-1-3-7-16/h4-5,12H,1-3,6-11,18H2. The highest BCUT2D eigenvalue weighted by atomic mass is 19.1. The van der Waals surface area contributed by atoms with E-state index in [1.807, 2.05) is 0 Å². The van der Waals surface area contributed by atoms with Crippen LogP contribution in [-0.4, -0.2) is 13.1 Å². The first-order valence-electron chi connectivity index (χ1n) is 7.49. The molecule has 2 N–H and O–H groups in total. The minimum absolute atomic E-state index is 0.192. The number of nitrogens with zero attached hydrogens (tertiary/aromatic N) is 1. The summed E-state index contributed by atoms with van der Waals surface area (Å²) in [5, 5.41) is 0. The van der Waals surface area contributed by atoms with Gasteiger partial charge in [0.05, 0.1) is 11.4 Å². The average Bonchev–Trinajstić information content (AvgIpc) is 2.44. The molecular weight excluding hydrogens is 239 g/mol. The van der Waals surface area contributed by atoms with Crippen molar-refractivity contribution >= 4 is 11.4 Å². The van der Waals surface area contributed by atoms with Gasteiger partial charge in [-0.3, -0.25) is 0 Å². The summed E-state index contributed by atoms with van der Waals surface area (Å²) in [5.41, 5.74) is 8.14. The molecule has 2 nitrogen and oxygen atoms in total. The Bertz CT molecular complexity index is 442. The lowest BCUT2D eigenvalue weighted by atomic mass is 9.68. The van der Waals surface area contributed by atoms with Crippen molar-refractivity contribution in [1.82, 2.24) is 0 Å².